The predicted octanol–water partition coefficient (Wildman–Crippen LogP) is 11.7. The van der Waals surface area contributed by atoms with Crippen molar-refractivity contribution in [2.45, 2.75) is 33.1 Å². The van der Waals surface area contributed by atoms with Gasteiger partial charge < -0.3 is 0 Å². The molecular formula is C52H40N5OPtSe-3. The third-order valence-electron chi connectivity index (χ3n) is 10.7. The van der Waals surface area contributed by atoms with Crippen LogP contribution in [0.4, 0.5) is 39.9 Å². The van der Waals surface area contributed by atoms with Gasteiger partial charge in [-0.2, -0.15) is 0 Å². The van der Waals surface area contributed by atoms with Crippen LogP contribution in [0.3, 0.4) is 0 Å². The minimum absolute atomic E-state index is 0. The Morgan fingerprint density at radius 3 is 2.13 bits per heavy atom. The Labute approximate surface area is 373 Å². The Kier molecular flexibility index (Phi) is 10.7. The van der Waals surface area contributed by atoms with Crippen molar-refractivity contribution < 1.29 is 25.8 Å². The van der Waals surface area contributed by atoms with E-state index in [9.17, 15) is 0 Å². The summed E-state index contributed by atoms with van der Waals surface area (Å²) in [6, 6.07) is 60.0. The van der Waals surface area contributed by atoms with Crippen molar-refractivity contribution >= 4 is 64.0 Å². The molecule has 6 nitrogen and oxygen atoms in total. The molecule has 4 heterocycles. The largest absolute Gasteiger partial charge is 0 e. The van der Waals surface area contributed by atoms with E-state index in [1.807, 2.05) is 42.7 Å². The van der Waals surface area contributed by atoms with Gasteiger partial charge in [0.05, 0.1) is 0 Å². The van der Waals surface area contributed by atoms with Crippen LogP contribution in [0, 0.1) is 25.7 Å². The summed E-state index contributed by atoms with van der Waals surface area (Å²) >= 11 is -0.0145. The summed E-state index contributed by atoms with van der Waals surface area (Å²) in [6.07, 6.45) is 3.83. The molecule has 0 N–H and O–H groups in total. The topological polar surface area (TPSA) is 44.7 Å². The van der Waals surface area contributed by atoms with E-state index in [0.717, 1.165) is 71.3 Å². The molecule has 0 fully saturated rings. The molecule has 8 aromatic rings. The number of para-hydroxylation sites is 1. The van der Waals surface area contributed by atoms with E-state index in [4.69, 9.17) is 14.7 Å². The zero-order valence-electron chi connectivity index (χ0n) is 33.5. The maximum Gasteiger partial charge on any atom is 0 e. The number of nitrogens with zero attached hydrogens (tertiary/aromatic N) is 5. The van der Waals surface area contributed by atoms with E-state index < -0.39 is 0 Å². The van der Waals surface area contributed by atoms with Crippen LogP contribution in [0.25, 0.3) is 22.3 Å². The number of rotatable bonds is 7. The fourth-order valence-corrected chi connectivity index (χ4v) is 9.88. The molecule has 60 heavy (non-hydrogen) atoms. The van der Waals surface area contributed by atoms with E-state index in [0.29, 0.717) is 11.5 Å². The maximum absolute atomic E-state index is 6.64. The monoisotopic (exact) mass is 1030 g/mol. The summed E-state index contributed by atoms with van der Waals surface area (Å²) in [5.74, 6) is 2.01. The summed E-state index contributed by atoms with van der Waals surface area (Å²) in [5, 5.41) is 0. The number of ether oxygens (including phenoxy) is 1. The van der Waals surface area contributed by atoms with E-state index >= 15 is 0 Å². The average Bonchev–Trinajstić information content (AvgIpc) is 3.65. The van der Waals surface area contributed by atoms with Gasteiger partial charge in [-0.25, -0.2) is 0 Å². The van der Waals surface area contributed by atoms with Gasteiger partial charge in [-0.05, 0) is 28.2 Å². The Morgan fingerprint density at radius 1 is 0.617 bits per heavy atom. The molecule has 298 valence electrons. The van der Waals surface area contributed by atoms with Crippen molar-refractivity contribution in [1.82, 2.24) is 9.97 Å². The predicted molar refractivity (Wildman–Crippen MR) is 242 cm³/mol. The molecule has 0 saturated heterocycles. The van der Waals surface area contributed by atoms with Gasteiger partial charge in [-0.15, -0.1) is 0 Å². The first-order chi connectivity index (χ1) is 28.8. The first-order valence-corrected chi connectivity index (χ1v) is 21.4. The van der Waals surface area contributed by atoms with Gasteiger partial charge in [0.1, 0.15) is 0 Å². The summed E-state index contributed by atoms with van der Waals surface area (Å²) < 4.78 is 8.85. The van der Waals surface area contributed by atoms with E-state index in [-0.39, 0.29) is 41.4 Å². The fourth-order valence-electron chi connectivity index (χ4n) is 7.86. The second kappa shape index (κ2) is 16.2. The molecule has 0 spiro atoms. The van der Waals surface area contributed by atoms with E-state index in [1.165, 1.54) is 11.1 Å². The maximum atomic E-state index is 6.64. The minimum Gasteiger partial charge on any atom is 0 e. The molecule has 0 saturated carbocycles. The van der Waals surface area contributed by atoms with Crippen molar-refractivity contribution in [3.63, 3.8) is 0 Å². The van der Waals surface area contributed by atoms with Crippen molar-refractivity contribution in [2.75, 3.05) is 14.7 Å². The van der Waals surface area contributed by atoms with Gasteiger partial charge in [0.15, 0.2) is 0 Å². The van der Waals surface area contributed by atoms with Gasteiger partial charge in [-0.3, -0.25) is 0 Å². The van der Waals surface area contributed by atoms with Crippen molar-refractivity contribution in [1.29, 1.82) is 0 Å². The molecule has 2 aliphatic rings. The number of pyridine rings is 2. The quantitative estimate of drug-likeness (QED) is 0.117. The normalized spacial score (nSPS) is 13.0. The third kappa shape index (κ3) is 7.43. The van der Waals surface area contributed by atoms with Gasteiger partial charge in [0.2, 0.25) is 0 Å². The van der Waals surface area contributed by atoms with Gasteiger partial charge in [-0.1, -0.05) is 69.3 Å². The summed E-state index contributed by atoms with van der Waals surface area (Å²) in [6.45, 7) is 11.1. The van der Waals surface area contributed by atoms with Gasteiger partial charge in [0, 0.05) is 21.1 Å². The second-order valence-electron chi connectivity index (χ2n) is 15.7. The molecule has 0 aliphatic carbocycles. The molecule has 2 aromatic heterocycles. The van der Waals surface area contributed by atoms with Crippen molar-refractivity contribution in [3.8, 4) is 33.8 Å². The average molecular weight is 1020 g/mol. The van der Waals surface area contributed by atoms with Gasteiger partial charge >= 0.3 is 257 Å². The van der Waals surface area contributed by atoms with E-state index in [2.05, 4.69) is 183 Å². The SMILES string of the molecule is Cc1cc(N2c3[c-]c(Oc4[c-]c(N5[CH-]N(c6ccccc6C(C)(C)C)c6cc(-c7ccccc7)ccc65)ccc4)ccc3[Se]c3ncccc32)ncc1-c1ccccc1.[Pt]. The third-order valence-corrected chi connectivity index (χ3v) is 12.9. The number of anilines is 7. The van der Waals surface area contributed by atoms with Crippen molar-refractivity contribution in [3.05, 3.63) is 194 Å². The van der Waals surface area contributed by atoms with Crippen LogP contribution in [-0.4, -0.2) is 24.9 Å². The molecule has 2 aliphatic heterocycles. The van der Waals surface area contributed by atoms with Crippen molar-refractivity contribution in [2.24, 2.45) is 0 Å². The van der Waals surface area contributed by atoms with Crippen LogP contribution in [-0.2, 0) is 26.5 Å². The summed E-state index contributed by atoms with van der Waals surface area (Å²) in [4.78, 5) is 16.5. The zero-order valence-corrected chi connectivity index (χ0v) is 37.5. The number of benzene rings is 6. The molecule has 10 rings (SSSR count). The van der Waals surface area contributed by atoms with Crippen LogP contribution in [0.1, 0.15) is 31.9 Å². The number of hydrogen-bond acceptors (Lipinski definition) is 6. The zero-order chi connectivity index (χ0) is 40.1. The minimum atomic E-state index is -0.0594. The number of aryl methyl sites for hydroxylation is 1. The number of hydrogen-bond donors (Lipinski definition) is 0. The Bertz CT molecular complexity index is 2840. The number of fused-ring (bicyclic) bond motifs is 3. The number of aromatic nitrogens is 2. The molecule has 6 aromatic carbocycles. The first-order valence-electron chi connectivity index (χ1n) is 19.7. The van der Waals surface area contributed by atoms with Gasteiger partial charge in [0.25, 0.3) is 0 Å². The molecule has 0 radical (unpaired) electrons. The Balaban J connectivity index is 0.00000462. The van der Waals surface area contributed by atoms with Crippen LogP contribution in [0.15, 0.2) is 164 Å². The fraction of sp³-hybridized carbons (Fsp3) is 0.0962. The summed E-state index contributed by atoms with van der Waals surface area (Å²) in [5.41, 5.74) is 13.0. The molecule has 8 heteroatoms. The van der Waals surface area contributed by atoms with Crippen LogP contribution >= 0.6 is 0 Å². The van der Waals surface area contributed by atoms with Crippen LogP contribution in [0.2, 0.25) is 0 Å². The molecule has 0 atom stereocenters. The molecule has 0 unspecified atom stereocenters. The first kappa shape index (κ1) is 39.5. The van der Waals surface area contributed by atoms with Crippen LogP contribution in [0.5, 0.6) is 11.5 Å². The standard InChI is InChI=1S/C52H40N5OSe.Pt/c1-35-29-50(54-33-42(35)37-17-9-6-10-18-37)57-46-23-14-28-53-51(46)59-49-27-25-41(32-48(49)57)58-40-20-13-19-39(31-40)55-34-56(44-22-12-11-21-43(44)52(2,3)4)47-30-38(24-26-45(47)55)36-15-7-5-8-16-36;/h5-30,33-34H,1-4H3;/q-3;. The smallest absolute Gasteiger partial charge is 0 e. The van der Waals surface area contributed by atoms with E-state index in [1.54, 1.807) is 0 Å². The second-order valence-corrected chi connectivity index (χ2v) is 17.9. The Morgan fingerprint density at radius 2 is 1.35 bits per heavy atom. The van der Waals surface area contributed by atoms with Crippen LogP contribution < -0.4 is 28.5 Å². The summed E-state index contributed by atoms with van der Waals surface area (Å²) in [7, 11) is 0. The molecular weight excluding hydrogens is 985 g/mol. The molecule has 0 amide bonds. The molecule has 0 bridgehead atoms. The Hall–Kier alpha value is -5.97.